The van der Waals surface area contributed by atoms with Gasteiger partial charge in [-0.1, -0.05) is 42.5 Å². The maximum atomic E-state index is 12.4. The van der Waals surface area contributed by atoms with Gasteiger partial charge in [0, 0.05) is 36.3 Å². The molecular formula is C19H15N3O5. The van der Waals surface area contributed by atoms with Gasteiger partial charge in [-0.15, -0.1) is 0 Å². The number of non-ortho nitro benzene ring substituents is 1. The standard InChI is InChI=1S/C19H15N3O5/c23-18(9-10-19(24)25)21-17(13-5-2-1-3-6-13)12-16(20-21)14-7-4-8-15(11-14)22(26)27/h1-11,17H,12H2,(H,24,25)/b10-9+/t17-/m1/s1. The van der Waals surface area contributed by atoms with E-state index in [2.05, 4.69) is 5.10 Å². The molecule has 8 heteroatoms. The van der Waals surface area contributed by atoms with Crippen molar-refractivity contribution in [3.05, 3.63) is 88.0 Å². The van der Waals surface area contributed by atoms with Gasteiger partial charge < -0.3 is 5.11 Å². The monoisotopic (exact) mass is 365 g/mol. The summed E-state index contributed by atoms with van der Waals surface area (Å²) >= 11 is 0. The van der Waals surface area contributed by atoms with Crippen LogP contribution >= 0.6 is 0 Å². The second-order valence-corrected chi connectivity index (χ2v) is 5.84. The summed E-state index contributed by atoms with van der Waals surface area (Å²) in [6.07, 6.45) is 2.06. The normalized spacial score (nSPS) is 16.4. The van der Waals surface area contributed by atoms with E-state index in [1.165, 1.54) is 17.1 Å². The lowest BCUT2D eigenvalue weighted by Gasteiger charge is -2.20. The molecule has 2 aromatic rings. The summed E-state index contributed by atoms with van der Waals surface area (Å²) in [6, 6.07) is 14.8. The maximum absolute atomic E-state index is 12.4. The van der Waals surface area contributed by atoms with Crippen molar-refractivity contribution in [1.29, 1.82) is 0 Å². The van der Waals surface area contributed by atoms with Crippen LogP contribution in [-0.2, 0) is 9.59 Å². The molecule has 0 saturated heterocycles. The molecule has 0 unspecified atom stereocenters. The molecule has 1 aliphatic rings. The molecule has 27 heavy (non-hydrogen) atoms. The number of hydrogen-bond donors (Lipinski definition) is 1. The van der Waals surface area contributed by atoms with Crippen LogP contribution in [-0.4, -0.2) is 32.6 Å². The fourth-order valence-electron chi connectivity index (χ4n) is 2.84. The lowest BCUT2D eigenvalue weighted by molar-refractivity contribution is -0.384. The number of hydrazone groups is 1. The predicted molar refractivity (Wildman–Crippen MR) is 97.1 cm³/mol. The zero-order chi connectivity index (χ0) is 19.4. The Hall–Kier alpha value is -3.81. The third kappa shape index (κ3) is 4.06. The van der Waals surface area contributed by atoms with E-state index in [-0.39, 0.29) is 5.69 Å². The van der Waals surface area contributed by atoms with Crippen molar-refractivity contribution in [2.24, 2.45) is 5.10 Å². The summed E-state index contributed by atoms with van der Waals surface area (Å²) < 4.78 is 0. The summed E-state index contributed by atoms with van der Waals surface area (Å²) in [5, 5.41) is 25.3. The van der Waals surface area contributed by atoms with Crippen LogP contribution < -0.4 is 0 Å². The van der Waals surface area contributed by atoms with Crippen LogP contribution in [0.25, 0.3) is 0 Å². The molecule has 0 aromatic heterocycles. The van der Waals surface area contributed by atoms with E-state index in [4.69, 9.17) is 5.11 Å². The fraction of sp³-hybridized carbons (Fsp3) is 0.105. The first-order chi connectivity index (χ1) is 13.0. The number of carbonyl (C=O) groups is 2. The largest absolute Gasteiger partial charge is 0.478 e. The molecular weight excluding hydrogens is 350 g/mol. The van der Waals surface area contributed by atoms with Crippen molar-refractivity contribution in [1.82, 2.24) is 5.01 Å². The molecule has 0 radical (unpaired) electrons. The summed E-state index contributed by atoms with van der Waals surface area (Å²) in [7, 11) is 0. The van der Waals surface area contributed by atoms with E-state index in [0.717, 1.165) is 17.7 Å². The Morgan fingerprint density at radius 2 is 1.89 bits per heavy atom. The Morgan fingerprint density at radius 1 is 1.15 bits per heavy atom. The van der Waals surface area contributed by atoms with Gasteiger partial charge in [-0.2, -0.15) is 5.10 Å². The smallest absolute Gasteiger partial charge is 0.328 e. The highest BCUT2D eigenvalue weighted by Gasteiger charge is 2.32. The summed E-state index contributed by atoms with van der Waals surface area (Å²) in [5.74, 6) is -1.81. The zero-order valence-electron chi connectivity index (χ0n) is 14.1. The molecule has 0 saturated carbocycles. The predicted octanol–water partition coefficient (Wildman–Crippen LogP) is 2.91. The quantitative estimate of drug-likeness (QED) is 0.497. The second-order valence-electron chi connectivity index (χ2n) is 5.84. The van der Waals surface area contributed by atoms with Gasteiger partial charge in [-0.3, -0.25) is 14.9 Å². The first-order valence-electron chi connectivity index (χ1n) is 8.07. The average Bonchev–Trinajstić information content (AvgIpc) is 3.12. The van der Waals surface area contributed by atoms with Gasteiger partial charge in [-0.25, -0.2) is 9.80 Å². The van der Waals surface area contributed by atoms with Gasteiger partial charge >= 0.3 is 5.97 Å². The number of benzene rings is 2. The van der Waals surface area contributed by atoms with Crippen molar-refractivity contribution in [3.8, 4) is 0 Å². The Bertz CT molecular complexity index is 953. The van der Waals surface area contributed by atoms with Crippen LogP contribution in [0.1, 0.15) is 23.6 Å². The minimum atomic E-state index is -1.23. The third-order valence-electron chi connectivity index (χ3n) is 4.08. The molecule has 2 aromatic carbocycles. The fourth-order valence-corrected chi connectivity index (χ4v) is 2.84. The number of hydrogen-bond acceptors (Lipinski definition) is 5. The number of amides is 1. The first-order valence-corrected chi connectivity index (χ1v) is 8.07. The molecule has 8 nitrogen and oxygen atoms in total. The van der Waals surface area contributed by atoms with Crippen LogP contribution in [0, 0.1) is 10.1 Å². The summed E-state index contributed by atoms with van der Waals surface area (Å²) in [5.41, 5.74) is 1.83. The van der Waals surface area contributed by atoms with Crippen molar-refractivity contribution >= 4 is 23.3 Å². The summed E-state index contributed by atoms with van der Waals surface area (Å²) in [6.45, 7) is 0. The molecule has 136 valence electrons. The average molecular weight is 365 g/mol. The maximum Gasteiger partial charge on any atom is 0.328 e. The van der Waals surface area contributed by atoms with E-state index in [0.29, 0.717) is 17.7 Å². The van der Waals surface area contributed by atoms with Crippen LogP contribution in [0.2, 0.25) is 0 Å². The Morgan fingerprint density at radius 3 is 2.56 bits per heavy atom. The van der Waals surface area contributed by atoms with Gasteiger partial charge in [0.2, 0.25) is 0 Å². The number of aliphatic carboxylic acids is 1. The molecule has 0 bridgehead atoms. The topological polar surface area (TPSA) is 113 Å². The van der Waals surface area contributed by atoms with Crippen LogP contribution in [0.15, 0.2) is 71.9 Å². The molecule has 1 N–H and O–H groups in total. The molecule has 1 aliphatic heterocycles. The number of carboxylic acid groups (broad SMARTS) is 1. The van der Waals surface area contributed by atoms with E-state index in [1.807, 2.05) is 30.3 Å². The third-order valence-corrected chi connectivity index (χ3v) is 4.08. The number of nitrogens with zero attached hydrogens (tertiary/aromatic N) is 3. The SMILES string of the molecule is O=C(O)/C=C/C(=O)N1N=C(c2cccc([N+](=O)[O-])c2)C[C@@H]1c1ccccc1. The van der Waals surface area contributed by atoms with E-state index in [1.54, 1.807) is 12.1 Å². The molecule has 1 atom stereocenters. The van der Waals surface area contributed by atoms with Crippen molar-refractivity contribution in [2.75, 3.05) is 0 Å². The molecule has 1 heterocycles. The van der Waals surface area contributed by atoms with Crippen LogP contribution in [0.3, 0.4) is 0 Å². The lowest BCUT2D eigenvalue weighted by Crippen LogP contribution is -2.25. The number of rotatable bonds is 5. The summed E-state index contributed by atoms with van der Waals surface area (Å²) in [4.78, 5) is 33.7. The van der Waals surface area contributed by atoms with Gasteiger partial charge in [0.1, 0.15) is 0 Å². The minimum Gasteiger partial charge on any atom is -0.478 e. The molecule has 0 spiro atoms. The van der Waals surface area contributed by atoms with Crippen LogP contribution in [0.5, 0.6) is 0 Å². The highest BCUT2D eigenvalue weighted by Crippen LogP contribution is 2.33. The van der Waals surface area contributed by atoms with Gasteiger partial charge in [0.25, 0.3) is 11.6 Å². The van der Waals surface area contributed by atoms with Gasteiger partial charge in [0.15, 0.2) is 0 Å². The van der Waals surface area contributed by atoms with Gasteiger partial charge in [-0.05, 0) is 5.56 Å². The van der Waals surface area contributed by atoms with Crippen molar-refractivity contribution < 1.29 is 19.6 Å². The van der Waals surface area contributed by atoms with Crippen molar-refractivity contribution in [3.63, 3.8) is 0 Å². The lowest BCUT2D eigenvalue weighted by atomic mass is 9.98. The van der Waals surface area contributed by atoms with Gasteiger partial charge in [0.05, 0.1) is 16.7 Å². The molecule has 3 rings (SSSR count). The van der Waals surface area contributed by atoms with E-state index >= 15 is 0 Å². The number of carboxylic acids is 1. The first kappa shape index (κ1) is 18.0. The molecule has 0 fully saturated rings. The molecule has 1 amide bonds. The number of carbonyl (C=O) groups excluding carboxylic acids is 1. The van der Waals surface area contributed by atoms with E-state index < -0.39 is 22.8 Å². The Kier molecular flexibility index (Phi) is 5.07. The highest BCUT2D eigenvalue weighted by atomic mass is 16.6. The van der Waals surface area contributed by atoms with Crippen LogP contribution in [0.4, 0.5) is 5.69 Å². The highest BCUT2D eigenvalue weighted by molar-refractivity contribution is 6.04. The van der Waals surface area contributed by atoms with E-state index in [9.17, 15) is 19.7 Å². The Balaban J connectivity index is 1.97. The molecule has 0 aliphatic carbocycles. The zero-order valence-corrected chi connectivity index (χ0v) is 14.1. The minimum absolute atomic E-state index is 0.0676. The second kappa shape index (κ2) is 7.61. The Labute approximate surface area is 154 Å². The number of nitro groups is 1. The number of nitro benzene ring substituents is 1. The van der Waals surface area contributed by atoms with Crippen molar-refractivity contribution in [2.45, 2.75) is 12.5 Å².